The van der Waals surface area contributed by atoms with Gasteiger partial charge in [-0.1, -0.05) is 42.1 Å². The predicted octanol–water partition coefficient (Wildman–Crippen LogP) is 1.12. The lowest BCUT2D eigenvalue weighted by Gasteiger charge is -2.19. The number of hydrogen-bond donors (Lipinski definition) is 6. The van der Waals surface area contributed by atoms with Crippen molar-refractivity contribution in [3.8, 4) is 0 Å². The number of nitrogens with two attached hydrogens (primary N) is 4. The third-order valence-electron chi connectivity index (χ3n) is 5.42. The van der Waals surface area contributed by atoms with Gasteiger partial charge in [0.2, 0.25) is 11.8 Å². The number of nitro groups is 1. The second-order valence-electron chi connectivity index (χ2n) is 8.03. The quantitative estimate of drug-likeness (QED) is 0.0676. The molecule has 0 saturated heterocycles. The molecular weight excluding hydrogens is 484 g/mol. The highest BCUT2D eigenvalue weighted by Gasteiger charge is 2.26. The summed E-state index contributed by atoms with van der Waals surface area (Å²) >= 11 is 1.17. The molecule has 1 aromatic heterocycles. The number of nitrogens with one attached hydrogen (secondary N) is 2. The SMILES string of the molecule is NC(=O)[C@H](Cc1c(Sc2ccccc2[N+](=O)[O-])[nH]c2ccccc12)NC(=O)[C@@H](N)CCCN=C(N)N. The number of aliphatic imine (C=N–C) groups is 1. The Kier molecular flexibility index (Phi) is 8.86. The Morgan fingerprint density at radius 1 is 1.11 bits per heavy atom. The van der Waals surface area contributed by atoms with Gasteiger partial charge in [-0.05, 0) is 30.5 Å². The van der Waals surface area contributed by atoms with Crippen LogP contribution in [-0.4, -0.2) is 46.3 Å². The van der Waals surface area contributed by atoms with Crippen molar-refractivity contribution in [1.29, 1.82) is 0 Å². The molecule has 0 radical (unpaired) electrons. The van der Waals surface area contributed by atoms with E-state index in [0.29, 0.717) is 34.9 Å². The van der Waals surface area contributed by atoms with Crippen LogP contribution >= 0.6 is 11.8 Å². The Morgan fingerprint density at radius 3 is 2.50 bits per heavy atom. The maximum absolute atomic E-state index is 12.7. The van der Waals surface area contributed by atoms with Gasteiger partial charge in [-0.25, -0.2) is 0 Å². The summed E-state index contributed by atoms with van der Waals surface area (Å²) in [5.41, 5.74) is 23.6. The van der Waals surface area contributed by atoms with E-state index in [1.807, 2.05) is 24.3 Å². The van der Waals surface area contributed by atoms with Crippen molar-refractivity contribution in [2.75, 3.05) is 6.54 Å². The van der Waals surface area contributed by atoms with Crippen LogP contribution in [0.3, 0.4) is 0 Å². The molecule has 0 unspecified atom stereocenters. The molecule has 2 aromatic carbocycles. The number of fused-ring (bicyclic) bond motifs is 1. The standard InChI is InChI=1S/C23H28N8O4S/c24-15(7-5-11-28-23(26)27)21(33)29-17(20(25)32)12-14-13-6-1-2-8-16(13)30-22(14)36-19-10-4-3-9-18(19)31(34)35/h1-4,6,8-10,15,17,30H,5,7,11-12,24H2,(H2,25,32)(H,29,33)(H4,26,27,28)/t15-,17-/m0/s1. The number of para-hydroxylation sites is 2. The molecule has 13 heteroatoms. The predicted molar refractivity (Wildman–Crippen MR) is 138 cm³/mol. The number of guanidine groups is 1. The average Bonchev–Trinajstić information content (AvgIpc) is 3.17. The molecule has 0 bridgehead atoms. The maximum atomic E-state index is 12.7. The van der Waals surface area contributed by atoms with Crippen LogP contribution in [-0.2, 0) is 16.0 Å². The number of benzene rings is 2. The number of rotatable bonds is 12. The molecular formula is C23H28N8O4S. The number of carbonyl (C=O) groups excluding carboxylic acids is 2. The van der Waals surface area contributed by atoms with E-state index in [9.17, 15) is 19.7 Å². The second kappa shape index (κ2) is 12.0. The van der Waals surface area contributed by atoms with Gasteiger partial charge in [0.25, 0.3) is 5.69 Å². The van der Waals surface area contributed by atoms with Crippen LogP contribution in [0.1, 0.15) is 18.4 Å². The van der Waals surface area contributed by atoms with E-state index >= 15 is 0 Å². The highest BCUT2D eigenvalue weighted by molar-refractivity contribution is 7.99. The summed E-state index contributed by atoms with van der Waals surface area (Å²) in [6.07, 6.45) is 0.849. The van der Waals surface area contributed by atoms with Crippen molar-refractivity contribution in [2.24, 2.45) is 27.9 Å². The summed E-state index contributed by atoms with van der Waals surface area (Å²) in [7, 11) is 0. The van der Waals surface area contributed by atoms with Gasteiger partial charge in [0.15, 0.2) is 5.96 Å². The van der Waals surface area contributed by atoms with E-state index < -0.39 is 28.8 Å². The molecule has 10 N–H and O–H groups in total. The Hall–Kier alpha value is -4.10. The second-order valence-corrected chi connectivity index (χ2v) is 9.08. The van der Waals surface area contributed by atoms with Crippen molar-refractivity contribution >= 4 is 46.1 Å². The molecule has 0 spiro atoms. The number of nitrogens with zero attached hydrogens (tertiary/aromatic N) is 2. The van der Waals surface area contributed by atoms with Gasteiger partial charge in [-0.15, -0.1) is 0 Å². The van der Waals surface area contributed by atoms with Crippen molar-refractivity contribution < 1.29 is 14.5 Å². The Labute approximate surface area is 211 Å². The lowest BCUT2D eigenvalue weighted by molar-refractivity contribution is -0.387. The summed E-state index contributed by atoms with van der Waals surface area (Å²) in [4.78, 5) is 43.5. The number of primary amides is 1. The van der Waals surface area contributed by atoms with Crippen LogP contribution in [0.15, 0.2) is 63.4 Å². The highest BCUT2D eigenvalue weighted by Crippen LogP contribution is 2.39. The first-order valence-corrected chi connectivity index (χ1v) is 11.9. The zero-order chi connectivity index (χ0) is 26.2. The van der Waals surface area contributed by atoms with Gasteiger partial charge in [0.1, 0.15) is 6.04 Å². The highest BCUT2D eigenvalue weighted by atomic mass is 32.2. The number of aromatic nitrogens is 1. The summed E-state index contributed by atoms with van der Waals surface area (Å²) in [6.45, 7) is 0.324. The molecule has 36 heavy (non-hydrogen) atoms. The molecule has 0 aliphatic heterocycles. The molecule has 0 fully saturated rings. The van der Waals surface area contributed by atoms with E-state index in [-0.39, 0.29) is 18.1 Å². The summed E-state index contributed by atoms with van der Waals surface area (Å²) in [6, 6.07) is 11.8. The normalized spacial score (nSPS) is 12.6. The van der Waals surface area contributed by atoms with Gasteiger partial charge in [-0.2, -0.15) is 0 Å². The maximum Gasteiger partial charge on any atom is 0.283 e. The minimum absolute atomic E-state index is 0.0430. The molecule has 2 atom stereocenters. The number of amides is 2. The van der Waals surface area contributed by atoms with Crippen LogP contribution in [0.2, 0.25) is 0 Å². The third-order valence-corrected chi connectivity index (χ3v) is 6.54. The van der Waals surface area contributed by atoms with E-state index in [0.717, 1.165) is 10.9 Å². The first-order chi connectivity index (χ1) is 17.2. The van der Waals surface area contributed by atoms with Crippen molar-refractivity contribution in [1.82, 2.24) is 10.3 Å². The minimum Gasteiger partial charge on any atom is -0.370 e. The van der Waals surface area contributed by atoms with E-state index in [1.165, 1.54) is 17.8 Å². The summed E-state index contributed by atoms with van der Waals surface area (Å²) in [5.74, 6) is -1.31. The number of carbonyl (C=O) groups is 2. The zero-order valence-corrected chi connectivity index (χ0v) is 20.2. The van der Waals surface area contributed by atoms with Crippen molar-refractivity contribution in [3.63, 3.8) is 0 Å². The fourth-order valence-electron chi connectivity index (χ4n) is 3.63. The van der Waals surface area contributed by atoms with Gasteiger partial charge in [0.05, 0.1) is 20.9 Å². The van der Waals surface area contributed by atoms with Crippen LogP contribution < -0.4 is 28.3 Å². The van der Waals surface area contributed by atoms with Crippen LogP contribution in [0, 0.1) is 10.1 Å². The molecule has 190 valence electrons. The molecule has 3 rings (SSSR count). The zero-order valence-electron chi connectivity index (χ0n) is 19.3. The number of H-pyrrole nitrogens is 1. The smallest absolute Gasteiger partial charge is 0.283 e. The number of aromatic amines is 1. The van der Waals surface area contributed by atoms with Gasteiger partial charge < -0.3 is 33.2 Å². The Morgan fingerprint density at radius 2 is 1.81 bits per heavy atom. The van der Waals surface area contributed by atoms with E-state index in [2.05, 4.69) is 15.3 Å². The Bertz CT molecular complexity index is 1290. The lowest BCUT2D eigenvalue weighted by atomic mass is 10.0. The first-order valence-electron chi connectivity index (χ1n) is 11.1. The third kappa shape index (κ3) is 6.73. The van der Waals surface area contributed by atoms with Gasteiger partial charge >= 0.3 is 0 Å². The molecule has 0 aliphatic rings. The fraction of sp³-hybridized carbons (Fsp3) is 0.261. The molecule has 3 aromatic rings. The lowest BCUT2D eigenvalue weighted by Crippen LogP contribution is -2.51. The van der Waals surface area contributed by atoms with Crippen molar-refractivity contribution in [3.05, 3.63) is 64.2 Å². The number of nitro benzene ring substituents is 1. The monoisotopic (exact) mass is 512 g/mol. The molecule has 0 saturated carbocycles. The average molecular weight is 513 g/mol. The number of hydrogen-bond acceptors (Lipinski definition) is 7. The summed E-state index contributed by atoms with van der Waals surface area (Å²) < 4.78 is 0. The molecule has 2 amide bonds. The van der Waals surface area contributed by atoms with Gasteiger partial charge in [0, 0.05) is 29.9 Å². The van der Waals surface area contributed by atoms with Gasteiger partial charge in [-0.3, -0.25) is 24.7 Å². The van der Waals surface area contributed by atoms with E-state index in [1.54, 1.807) is 18.2 Å². The molecule has 0 aliphatic carbocycles. The van der Waals surface area contributed by atoms with Crippen LogP contribution in [0.5, 0.6) is 0 Å². The van der Waals surface area contributed by atoms with E-state index in [4.69, 9.17) is 22.9 Å². The first kappa shape index (κ1) is 26.5. The summed E-state index contributed by atoms with van der Waals surface area (Å²) in [5, 5.41) is 15.5. The largest absolute Gasteiger partial charge is 0.370 e. The van der Waals surface area contributed by atoms with Crippen molar-refractivity contribution in [2.45, 2.75) is 41.3 Å². The Balaban J connectivity index is 1.84. The van der Waals surface area contributed by atoms with Crippen LogP contribution in [0.4, 0.5) is 5.69 Å². The fourth-order valence-corrected chi connectivity index (χ4v) is 4.72. The molecule has 1 heterocycles. The minimum atomic E-state index is -1.05. The topological polar surface area (TPSA) is 222 Å². The molecule has 12 nitrogen and oxygen atoms in total. The van der Waals surface area contributed by atoms with Crippen LogP contribution in [0.25, 0.3) is 10.9 Å².